The van der Waals surface area contributed by atoms with E-state index in [2.05, 4.69) is 4.85 Å². The Morgan fingerprint density at radius 2 is 1.87 bits per heavy atom. The molecule has 0 N–H and O–H groups in total. The van der Waals surface area contributed by atoms with Gasteiger partial charge in [0, 0.05) is 32.1 Å². The lowest BCUT2D eigenvalue weighted by molar-refractivity contribution is 0.0827. The van der Waals surface area contributed by atoms with Gasteiger partial charge in [0.05, 0.1) is 0 Å². The van der Waals surface area contributed by atoms with Crippen LogP contribution in [0.4, 0.5) is 0 Å². The Hall–Kier alpha value is -1.82. The molecule has 1 atom stereocenters. The van der Waals surface area contributed by atoms with Gasteiger partial charge in [0.15, 0.2) is 0 Å². The number of carbonyl (C=O) groups is 1. The van der Waals surface area contributed by atoms with E-state index in [-0.39, 0.29) is 11.9 Å². The van der Waals surface area contributed by atoms with Gasteiger partial charge in [-0.3, -0.25) is 4.79 Å². The minimum atomic E-state index is -0.145. The molecule has 0 saturated heterocycles. The van der Waals surface area contributed by atoms with Gasteiger partial charge >= 0.3 is 0 Å². The smallest absolute Gasteiger partial charge is 0.253 e. The zero-order chi connectivity index (χ0) is 11.4. The summed E-state index contributed by atoms with van der Waals surface area (Å²) in [5.41, 5.74) is 1.60. The number of hydrogen-bond acceptors (Lipinski definition) is 1. The fourth-order valence-corrected chi connectivity index (χ4v) is 1.24. The zero-order valence-corrected chi connectivity index (χ0v) is 9.19. The van der Waals surface area contributed by atoms with E-state index in [1.165, 1.54) is 4.90 Å². The van der Waals surface area contributed by atoms with Crippen molar-refractivity contribution in [3.8, 4) is 0 Å². The topological polar surface area (TPSA) is 24.7 Å². The van der Waals surface area contributed by atoms with Crippen molar-refractivity contribution < 1.29 is 4.79 Å². The molecule has 0 aromatic heterocycles. The van der Waals surface area contributed by atoms with Crippen LogP contribution in [-0.2, 0) is 0 Å². The van der Waals surface area contributed by atoms with Gasteiger partial charge < -0.3 is 9.74 Å². The summed E-state index contributed by atoms with van der Waals surface area (Å²) in [4.78, 5) is 16.5. The van der Waals surface area contributed by atoms with E-state index in [9.17, 15) is 4.79 Å². The van der Waals surface area contributed by atoms with Gasteiger partial charge in [0.1, 0.15) is 0 Å². The van der Waals surface area contributed by atoms with Crippen molar-refractivity contribution >= 4 is 5.91 Å². The molecule has 0 fully saturated rings. The highest BCUT2D eigenvalue weighted by atomic mass is 16.2. The molecule has 0 saturated carbocycles. The first-order valence-corrected chi connectivity index (χ1v) is 4.74. The average molecular weight is 202 g/mol. The van der Waals surface area contributed by atoms with Crippen LogP contribution in [0.15, 0.2) is 24.3 Å². The molecule has 1 rings (SSSR count). The molecule has 15 heavy (non-hydrogen) atoms. The van der Waals surface area contributed by atoms with Crippen molar-refractivity contribution in [1.29, 1.82) is 0 Å². The van der Waals surface area contributed by atoms with Crippen molar-refractivity contribution in [2.24, 2.45) is 0 Å². The van der Waals surface area contributed by atoms with Crippen LogP contribution in [0.1, 0.15) is 28.9 Å². The minimum absolute atomic E-state index is 0.0167. The summed E-state index contributed by atoms with van der Waals surface area (Å²) in [7, 11) is 3.44. The lowest BCUT2D eigenvalue weighted by Crippen LogP contribution is -2.21. The molecule has 78 valence electrons. The highest BCUT2D eigenvalue weighted by Gasteiger charge is 2.11. The van der Waals surface area contributed by atoms with Crippen LogP contribution >= 0.6 is 0 Å². The maximum Gasteiger partial charge on any atom is 0.253 e. The fraction of sp³-hybridized carbons (Fsp3) is 0.333. The number of amides is 1. The van der Waals surface area contributed by atoms with E-state index in [0.29, 0.717) is 5.56 Å². The molecule has 0 heterocycles. The van der Waals surface area contributed by atoms with Crippen LogP contribution in [-0.4, -0.2) is 24.9 Å². The predicted molar refractivity (Wildman–Crippen MR) is 59.5 cm³/mol. The van der Waals surface area contributed by atoms with Crippen LogP contribution in [0.3, 0.4) is 0 Å². The Kier molecular flexibility index (Phi) is 3.46. The van der Waals surface area contributed by atoms with Crippen LogP contribution in [0.5, 0.6) is 0 Å². The number of benzene rings is 1. The first-order valence-electron chi connectivity index (χ1n) is 4.74. The Morgan fingerprint density at radius 1 is 1.33 bits per heavy atom. The summed E-state index contributed by atoms with van der Waals surface area (Å²) in [5.74, 6) is -0.0167. The number of carbonyl (C=O) groups excluding carboxylic acids is 1. The second-order valence-electron chi connectivity index (χ2n) is 3.63. The van der Waals surface area contributed by atoms with Gasteiger partial charge in [-0.15, -0.1) is 0 Å². The third kappa shape index (κ3) is 2.57. The largest absolute Gasteiger partial charge is 0.345 e. The summed E-state index contributed by atoms with van der Waals surface area (Å²) in [6, 6.07) is 7.05. The highest BCUT2D eigenvalue weighted by molar-refractivity contribution is 5.93. The summed E-state index contributed by atoms with van der Waals surface area (Å²) in [6.45, 7) is 8.75. The second kappa shape index (κ2) is 4.61. The summed E-state index contributed by atoms with van der Waals surface area (Å²) in [6.07, 6.45) is 0. The Balaban J connectivity index is 2.91. The average Bonchev–Trinajstić information content (AvgIpc) is 2.27. The van der Waals surface area contributed by atoms with Crippen molar-refractivity contribution in [2.45, 2.75) is 13.0 Å². The molecule has 0 aliphatic carbocycles. The molecule has 1 aromatic rings. The van der Waals surface area contributed by atoms with Crippen LogP contribution in [0, 0.1) is 6.57 Å². The molecule has 1 unspecified atom stereocenters. The summed E-state index contributed by atoms with van der Waals surface area (Å²) >= 11 is 0. The van der Waals surface area contributed by atoms with E-state index in [1.807, 2.05) is 19.1 Å². The molecule has 3 heteroatoms. The summed E-state index contributed by atoms with van der Waals surface area (Å²) < 4.78 is 0. The Bertz CT molecular complexity index is 387. The van der Waals surface area contributed by atoms with Gasteiger partial charge in [-0.05, 0) is 12.1 Å². The molecule has 1 amide bonds. The highest BCUT2D eigenvalue weighted by Crippen LogP contribution is 2.17. The molecule has 0 aliphatic rings. The molecule has 1 aromatic carbocycles. The third-order valence-corrected chi connectivity index (χ3v) is 2.24. The SMILES string of the molecule is [C-]#[N+]C(C)c1ccc(C(=O)N(C)C)cc1. The van der Waals surface area contributed by atoms with Crippen molar-refractivity contribution in [1.82, 2.24) is 4.90 Å². The van der Waals surface area contributed by atoms with Crippen molar-refractivity contribution in [3.63, 3.8) is 0 Å². The van der Waals surface area contributed by atoms with E-state index < -0.39 is 0 Å². The quantitative estimate of drug-likeness (QED) is 0.676. The van der Waals surface area contributed by atoms with Crippen LogP contribution in [0.2, 0.25) is 0 Å². The van der Waals surface area contributed by atoms with Crippen molar-refractivity contribution in [2.75, 3.05) is 14.1 Å². The Morgan fingerprint density at radius 3 is 2.27 bits per heavy atom. The maximum atomic E-state index is 11.6. The number of nitrogens with zero attached hydrogens (tertiary/aromatic N) is 2. The van der Waals surface area contributed by atoms with Crippen LogP contribution < -0.4 is 0 Å². The van der Waals surface area contributed by atoms with E-state index >= 15 is 0 Å². The number of rotatable bonds is 2. The standard InChI is InChI=1S/C12H14N2O/c1-9(13-2)10-5-7-11(8-6-10)12(15)14(3)4/h5-9H,1,3-4H3. The molecule has 0 aliphatic heterocycles. The van der Waals surface area contributed by atoms with Gasteiger partial charge in [0.25, 0.3) is 5.91 Å². The van der Waals surface area contributed by atoms with Gasteiger partial charge in [0.2, 0.25) is 6.04 Å². The van der Waals surface area contributed by atoms with E-state index in [4.69, 9.17) is 6.57 Å². The first-order chi connectivity index (χ1) is 7.06. The maximum absolute atomic E-state index is 11.6. The third-order valence-electron chi connectivity index (χ3n) is 2.24. The van der Waals surface area contributed by atoms with Gasteiger partial charge in [-0.1, -0.05) is 12.1 Å². The Labute approximate surface area is 90.1 Å². The normalized spacial score (nSPS) is 11.6. The predicted octanol–water partition coefficient (Wildman–Crippen LogP) is 2.37. The zero-order valence-electron chi connectivity index (χ0n) is 9.19. The van der Waals surface area contributed by atoms with E-state index in [1.54, 1.807) is 26.2 Å². The van der Waals surface area contributed by atoms with Gasteiger partial charge in [-0.2, -0.15) is 0 Å². The van der Waals surface area contributed by atoms with Crippen LogP contribution in [0.25, 0.3) is 4.85 Å². The molecule has 0 radical (unpaired) electrons. The molecular weight excluding hydrogens is 188 g/mol. The monoisotopic (exact) mass is 202 g/mol. The molecule has 0 spiro atoms. The lowest BCUT2D eigenvalue weighted by atomic mass is 10.1. The van der Waals surface area contributed by atoms with Gasteiger partial charge in [-0.25, -0.2) is 6.57 Å². The van der Waals surface area contributed by atoms with E-state index in [0.717, 1.165) is 5.56 Å². The number of hydrogen-bond donors (Lipinski definition) is 0. The molecule has 0 bridgehead atoms. The van der Waals surface area contributed by atoms with Crippen molar-refractivity contribution in [3.05, 3.63) is 46.8 Å². The first kappa shape index (κ1) is 11.3. The second-order valence-corrected chi connectivity index (χ2v) is 3.63. The summed E-state index contributed by atoms with van der Waals surface area (Å²) in [5, 5.41) is 0. The molecular formula is C12H14N2O. The molecule has 3 nitrogen and oxygen atoms in total. The fourth-order valence-electron chi connectivity index (χ4n) is 1.24. The minimum Gasteiger partial charge on any atom is -0.345 e. The lowest BCUT2D eigenvalue weighted by Gasteiger charge is -2.10.